The van der Waals surface area contributed by atoms with E-state index in [0.717, 1.165) is 6.42 Å². The lowest BCUT2D eigenvalue weighted by atomic mass is 9.51. The zero-order valence-electron chi connectivity index (χ0n) is 20.8. The predicted molar refractivity (Wildman–Crippen MR) is 128 cm³/mol. The molecule has 0 saturated carbocycles. The molecule has 1 aromatic rings. The van der Waals surface area contributed by atoms with Crippen LogP contribution in [0.15, 0.2) is 28.7 Å². The number of hydrogen-bond donors (Lipinski definition) is 6. The van der Waals surface area contributed by atoms with E-state index >= 15 is 4.39 Å². The number of allylic oxidation sites excluding steroid dienone is 1. The summed E-state index contributed by atoms with van der Waals surface area (Å²) in [6.45, 7) is 2.16. The summed E-state index contributed by atoms with van der Waals surface area (Å²) >= 11 is 0. The third kappa shape index (κ3) is 3.11. The van der Waals surface area contributed by atoms with Crippen molar-refractivity contribution in [3.05, 3.63) is 51.2 Å². The van der Waals surface area contributed by atoms with E-state index in [9.17, 15) is 34.8 Å². The number of rotatable bonds is 3. The number of amides is 1. The van der Waals surface area contributed by atoms with Gasteiger partial charge in [0.2, 0.25) is 5.78 Å². The van der Waals surface area contributed by atoms with Gasteiger partial charge in [-0.2, -0.15) is 0 Å². The zero-order chi connectivity index (χ0) is 27.2. The van der Waals surface area contributed by atoms with E-state index in [1.54, 1.807) is 14.1 Å². The molecule has 1 unspecified atom stereocenters. The van der Waals surface area contributed by atoms with Crippen LogP contribution in [0.2, 0.25) is 0 Å². The Bertz CT molecular complexity index is 1330. The molecule has 37 heavy (non-hydrogen) atoms. The molecule has 5 atom stereocenters. The first-order valence-electron chi connectivity index (χ1n) is 12.2. The van der Waals surface area contributed by atoms with Gasteiger partial charge < -0.3 is 31.5 Å². The Labute approximate surface area is 212 Å². The van der Waals surface area contributed by atoms with E-state index in [2.05, 4.69) is 5.32 Å². The van der Waals surface area contributed by atoms with Crippen LogP contribution in [0.25, 0.3) is 0 Å². The largest absolute Gasteiger partial charge is 0.510 e. The number of carbonyl (C=O) groups excluding carboxylic acids is 3. The Balaban J connectivity index is 1.73. The van der Waals surface area contributed by atoms with Crippen LogP contribution in [0, 0.1) is 17.2 Å². The number of phenolic OH excluding ortho intramolecular Hbond substituents is 1. The summed E-state index contributed by atoms with van der Waals surface area (Å²) in [5.41, 5.74) is -0.320. The van der Waals surface area contributed by atoms with Gasteiger partial charge in [0.25, 0.3) is 5.91 Å². The summed E-state index contributed by atoms with van der Waals surface area (Å²) in [6.07, 6.45) is 1.30. The molecule has 1 saturated heterocycles. The molecule has 1 aliphatic heterocycles. The molecule has 0 aromatic heterocycles. The van der Waals surface area contributed by atoms with Gasteiger partial charge in [0.1, 0.15) is 28.7 Å². The molecule has 3 aliphatic carbocycles. The highest BCUT2D eigenvalue weighted by atomic mass is 19.1. The number of phenols is 1. The summed E-state index contributed by atoms with van der Waals surface area (Å²) in [7, 11) is 3.11. The van der Waals surface area contributed by atoms with Crippen LogP contribution in [-0.4, -0.2) is 75.1 Å². The molecule has 11 heteroatoms. The van der Waals surface area contributed by atoms with Crippen molar-refractivity contribution in [2.24, 2.45) is 17.1 Å². The molecule has 1 heterocycles. The van der Waals surface area contributed by atoms with Crippen LogP contribution in [0.5, 0.6) is 5.75 Å². The van der Waals surface area contributed by atoms with Crippen molar-refractivity contribution in [2.45, 2.75) is 50.3 Å². The van der Waals surface area contributed by atoms with Crippen molar-refractivity contribution in [3.8, 4) is 5.75 Å². The van der Waals surface area contributed by atoms with Crippen molar-refractivity contribution < 1.29 is 39.2 Å². The molecule has 198 valence electrons. The van der Waals surface area contributed by atoms with Crippen molar-refractivity contribution >= 4 is 17.5 Å². The second-order valence-corrected chi connectivity index (χ2v) is 10.9. The average molecular weight is 516 g/mol. The number of halogens is 1. The Morgan fingerprint density at radius 3 is 2.49 bits per heavy atom. The third-order valence-electron chi connectivity index (χ3n) is 8.67. The number of fused-ring (bicyclic) bond motifs is 3. The first kappa shape index (κ1) is 25.4. The van der Waals surface area contributed by atoms with E-state index in [1.807, 2.05) is 0 Å². The van der Waals surface area contributed by atoms with Crippen molar-refractivity contribution in [2.75, 3.05) is 20.6 Å². The molecule has 0 bridgehead atoms. The predicted octanol–water partition coefficient (Wildman–Crippen LogP) is 1.07. The monoisotopic (exact) mass is 515 g/mol. The fourth-order valence-corrected chi connectivity index (χ4v) is 7.10. The summed E-state index contributed by atoms with van der Waals surface area (Å²) in [5, 5.41) is 48.1. The third-order valence-corrected chi connectivity index (χ3v) is 8.67. The van der Waals surface area contributed by atoms with Crippen LogP contribution in [0.4, 0.5) is 4.39 Å². The second kappa shape index (κ2) is 8.11. The number of primary amides is 1. The summed E-state index contributed by atoms with van der Waals surface area (Å²) in [5.74, 6) is -7.07. The maximum Gasteiger partial charge on any atom is 0.255 e. The Kier molecular flexibility index (Phi) is 5.56. The van der Waals surface area contributed by atoms with Gasteiger partial charge in [-0.25, -0.2) is 4.39 Å². The molecule has 1 fully saturated rings. The van der Waals surface area contributed by atoms with Gasteiger partial charge in [-0.3, -0.25) is 19.3 Å². The maximum absolute atomic E-state index is 15.8. The number of carbonyl (C=O) groups is 3. The van der Waals surface area contributed by atoms with E-state index in [4.69, 9.17) is 5.73 Å². The van der Waals surface area contributed by atoms with Gasteiger partial charge in [0.15, 0.2) is 11.4 Å². The molecule has 0 spiro atoms. The van der Waals surface area contributed by atoms with Crippen LogP contribution in [0.1, 0.15) is 53.7 Å². The Hall–Kier alpha value is -3.28. The highest BCUT2D eigenvalue weighted by Gasteiger charge is 2.69. The Morgan fingerprint density at radius 1 is 1.24 bits per heavy atom. The molecular formula is C26H30FN3O7. The fourth-order valence-electron chi connectivity index (χ4n) is 7.10. The first-order valence-corrected chi connectivity index (χ1v) is 12.2. The second-order valence-electron chi connectivity index (χ2n) is 10.9. The lowest BCUT2D eigenvalue weighted by molar-refractivity contribution is -0.165. The van der Waals surface area contributed by atoms with E-state index < -0.39 is 69.1 Å². The highest BCUT2D eigenvalue weighted by Crippen LogP contribution is 2.59. The number of aliphatic hydroxyl groups is 3. The van der Waals surface area contributed by atoms with E-state index in [0.29, 0.717) is 13.0 Å². The number of aromatic hydroxyl groups is 1. The van der Waals surface area contributed by atoms with Crippen LogP contribution >= 0.6 is 0 Å². The molecule has 7 N–H and O–H groups in total. The van der Waals surface area contributed by atoms with E-state index in [1.165, 1.54) is 17.9 Å². The molecule has 10 nitrogen and oxygen atoms in total. The van der Waals surface area contributed by atoms with Gasteiger partial charge in [-0.05, 0) is 58.3 Å². The lowest BCUT2D eigenvalue weighted by Gasteiger charge is -2.56. The van der Waals surface area contributed by atoms with Crippen LogP contribution in [-0.2, 0) is 16.0 Å². The number of nitrogens with zero attached hydrogens (tertiary/aromatic N) is 1. The molecule has 1 amide bonds. The first-order chi connectivity index (χ1) is 17.3. The van der Waals surface area contributed by atoms with Crippen LogP contribution in [0.3, 0.4) is 0 Å². The molecular weight excluding hydrogens is 485 g/mol. The number of aliphatic hydroxyl groups excluding tert-OH is 2. The highest BCUT2D eigenvalue weighted by molar-refractivity contribution is 6.25. The van der Waals surface area contributed by atoms with Gasteiger partial charge in [-0.1, -0.05) is 6.92 Å². The number of nitrogens with one attached hydrogen (secondary N) is 1. The fraction of sp³-hybridized carbons (Fsp3) is 0.500. The smallest absolute Gasteiger partial charge is 0.255 e. The maximum atomic E-state index is 15.8. The molecule has 5 rings (SSSR count). The van der Waals surface area contributed by atoms with Gasteiger partial charge in [0, 0.05) is 28.2 Å². The van der Waals surface area contributed by atoms with Crippen molar-refractivity contribution in [1.82, 2.24) is 10.2 Å². The van der Waals surface area contributed by atoms with Crippen LogP contribution < -0.4 is 11.1 Å². The van der Waals surface area contributed by atoms with Gasteiger partial charge in [0.05, 0.1) is 11.6 Å². The van der Waals surface area contributed by atoms with Crippen molar-refractivity contribution in [3.63, 3.8) is 0 Å². The number of nitrogens with two attached hydrogens (primary N) is 1. The normalized spacial score (nSPS) is 33.5. The number of likely N-dealkylation sites (N-methyl/N-ethyl adjacent to an activating group) is 1. The quantitative estimate of drug-likeness (QED) is 0.322. The number of hydrogen-bond acceptors (Lipinski definition) is 9. The SMILES string of the molecule is CN(C)[C@@H]1C(O)=C(C(N)=O)C(=O)[C@@]2(O)C(O)=C3C(=O)c4c(O)cc(C5CCCN5)c(F)c4C[C@H]3C[C@@]12C. The molecule has 1 aromatic carbocycles. The summed E-state index contributed by atoms with van der Waals surface area (Å²) in [6, 6.07) is -0.256. The minimum absolute atomic E-state index is 0.00502. The standard InChI is InChI=1S/C26H30FN3O7/c1-25-9-10-7-12-16(14(31)8-11(18(12)27)13-5-4-6-29-13)19(32)15(10)22(34)26(25,37)23(35)17(24(28)36)20(33)21(25)30(2)3/h8,10,13,21,29,31,33-34,37H,4-7,9H2,1-3H3,(H2,28,36)/t10-,13?,21+,25-,26-/m0/s1. The number of benzene rings is 1. The van der Waals surface area contributed by atoms with Crippen molar-refractivity contribution in [1.29, 1.82) is 0 Å². The minimum atomic E-state index is -2.78. The van der Waals surface area contributed by atoms with Gasteiger partial charge in [-0.15, -0.1) is 0 Å². The summed E-state index contributed by atoms with van der Waals surface area (Å²) < 4.78 is 15.8. The molecule has 4 aliphatic rings. The van der Waals surface area contributed by atoms with E-state index in [-0.39, 0.29) is 41.1 Å². The molecule has 0 radical (unpaired) electrons. The average Bonchev–Trinajstić information content (AvgIpc) is 3.33. The number of ketones is 2. The summed E-state index contributed by atoms with van der Waals surface area (Å²) in [4.78, 5) is 40.7. The zero-order valence-corrected chi connectivity index (χ0v) is 20.8. The van der Waals surface area contributed by atoms with Gasteiger partial charge >= 0.3 is 0 Å². The number of Topliss-reactive ketones (excluding diaryl/α,β-unsaturated/α-hetero) is 2. The Morgan fingerprint density at radius 2 is 1.92 bits per heavy atom. The lowest BCUT2D eigenvalue weighted by Crippen LogP contribution is -2.69. The minimum Gasteiger partial charge on any atom is -0.510 e. The topological polar surface area (TPSA) is 173 Å².